The number of Topliss-reactive ketones (excluding diaryl/α,β-unsaturated/α-hetero) is 1. The van der Waals surface area contributed by atoms with E-state index < -0.39 is 34.0 Å². The molecule has 0 aromatic heterocycles. The van der Waals surface area contributed by atoms with Gasteiger partial charge in [0.05, 0.1) is 10.5 Å². The zero-order valence-corrected chi connectivity index (χ0v) is 19.9. The van der Waals surface area contributed by atoms with Gasteiger partial charge in [-0.3, -0.25) is 9.59 Å². The first kappa shape index (κ1) is 24.9. The van der Waals surface area contributed by atoms with Crippen molar-refractivity contribution in [3.8, 4) is 0 Å². The predicted octanol–water partition coefficient (Wildman–Crippen LogP) is 2.90. The molecule has 10 heteroatoms. The van der Waals surface area contributed by atoms with E-state index in [-0.39, 0.29) is 16.2 Å². The van der Waals surface area contributed by atoms with Gasteiger partial charge < -0.3 is 9.64 Å². The molecule has 2 aromatic carbocycles. The topological polar surface area (TPSA) is 110 Å². The molecule has 33 heavy (non-hydrogen) atoms. The van der Waals surface area contributed by atoms with Crippen molar-refractivity contribution in [1.29, 1.82) is 0 Å². The van der Waals surface area contributed by atoms with Crippen LogP contribution in [-0.4, -0.2) is 51.7 Å². The van der Waals surface area contributed by atoms with Crippen LogP contribution in [0.3, 0.4) is 0 Å². The van der Waals surface area contributed by atoms with Crippen LogP contribution in [0.5, 0.6) is 0 Å². The maximum atomic E-state index is 13.1. The molecule has 1 aliphatic rings. The highest BCUT2D eigenvalue weighted by atomic mass is 35.5. The van der Waals surface area contributed by atoms with Gasteiger partial charge >= 0.3 is 5.97 Å². The second kappa shape index (κ2) is 10.0. The normalized spacial score (nSPS) is 18.6. The Balaban J connectivity index is 1.81. The van der Waals surface area contributed by atoms with Gasteiger partial charge in [0.15, 0.2) is 12.4 Å². The fraction of sp³-hybridized carbons (Fsp3) is 0.348. The number of rotatable bonds is 7. The van der Waals surface area contributed by atoms with Crippen LogP contribution in [0.15, 0.2) is 53.4 Å². The Hall–Kier alpha value is -2.75. The molecule has 1 atom stereocenters. The van der Waals surface area contributed by atoms with Crippen LogP contribution in [-0.2, 0) is 29.9 Å². The average molecular weight is 493 g/mol. The van der Waals surface area contributed by atoms with Crippen molar-refractivity contribution in [2.75, 3.05) is 20.7 Å². The van der Waals surface area contributed by atoms with Gasteiger partial charge in [-0.15, -0.1) is 0 Å². The summed E-state index contributed by atoms with van der Waals surface area (Å²) in [6.45, 7) is -0.613. The summed E-state index contributed by atoms with van der Waals surface area (Å²) in [5, 5.41) is 0.381. The van der Waals surface area contributed by atoms with Gasteiger partial charge in [-0.05, 0) is 50.6 Å². The summed E-state index contributed by atoms with van der Waals surface area (Å²) in [7, 11) is -0.982. The van der Waals surface area contributed by atoms with E-state index in [0.717, 1.165) is 18.9 Å². The minimum Gasteiger partial charge on any atom is -0.452 e. The van der Waals surface area contributed by atoms with Gasteiger partial charge in [0.1, 0.15) is 5.54 Å². The lowest BCUT2D eigenvalue weighted by Crippen LogP contribution is -2.55. The number of sulfonamides is 1. The predicted molar refractivity (Wildman–Crippen MR) is 122 cm³/mol. The lowest BCUT2D eigenvalue weighted by Gasteiger charge is -2.43. The van der Waals surface area contributed by atoms with E-state index in [4.69, 9.17) is 16.3 Å². The third-order valence-corrected chi connectivity index (χ3v) is 7.64. The summed E-state index contributed by atoms with van der Waals surface area (Å²) in [5.74, 6) is -1.54. The van der Waals surface area contributed by atoms with E-state index in [9.17, 15) is 22.8 Å². The van der Waals surface area contributed by atoms with Gasteiger partial charge in [-0.2, -0.15) is 0 Å². The quantitative estimate of drug-likeness (QED) is 0.595. The Bertz CT molecular complexity index is 1180. The molecule has 0 saturated heterocycles. The lowest BCUT2D eigenvalue weighted by molar-refractivity contribution is -0.150. The molecule has 1 aliphatic carbocycles. The SMILES string of the molecule is CNS(=O)(=O)c1cccc(C(=O)OCC(=O)N(C)C2(c3ccccc3Cl)CCCCC2=O)c1. The van der Waals surface area contributed by atoms with E-state index in [1.807, 2.05) is 0 Å². The Kier molecular flexibility index (Phi) is 7.56. The number of ether oxygens (including phenoxy) is 1. The monoisotopic (exact) mass is 492 g/mol. The third kappa shape index (κ3) is 4.95. The molecule has 176 valence electrons. The Labute approximate surface area is 197 Å². The number of nitrogens with zero attached hydrogens (tertiary/aromatic N) is 1. The van der Waals surface area contributed by atoms with E-state index >= 15 is 0 Å². The van der Waals surface area contributed by atoms with E-state index in [2.05, 4.69) is 4.72 Å². The Morgan fingerprint density at radius 2 is 1.88 bits per heavy atom. The van der Waals surface area contributed by atoms with E-state index in [0.29, 0.717) is 23.4 Å². The van der Waals surface area contributed by atoms with Crippen molar-refractivity contribution < 1.29 is 27.5 Å². The van der Waals surface area contributed by atoms with Crippen LogP contribution in [0.25, 0.3) is 0 Å². The van der Waals surface area contributed by atoms with E-state index in [1.165, 1.54) is 37.2 Å². The molecule has 0 bridgehead atoms. The first-order valence-electron chi connectivity index (χ1n) is 10.4. The summed E-state index contributed by atoms with van der Waals surface area (Å²) in [6, 6.07) is 12.2. The maximum absolute atomic E-state index is 13.1. The van der Waals surface area contributed by atoms with Crippen molar-refractivity contribution in [2.45, 2.75) is 36.1 Å². The van der Waals surface area contributed by atoms with Gasteiger partial charge in [0, 0.05) is 24.1 Å². The highest BCUT2D eigenvalue weighted by Crippen LogP contribution is 2.42. The number of carbonyl (C=O) groups is 3. The smallest absolute Gasteiger partial charge is 0.338 e. The molecule has 3 rings (SSSR count). The largest absolute Gasteiger partial charge is 0.452 e. The number of likely N-dealkylation sites (N-methyl/N-ethyl adjacent to an activating group) is 1. The van der Waals surface area contributed by atoms with Crippen molar-refractivity contribution in [2.24, 2.45) is 0 Å². The molecule has 8 nitrogen and oxygen atoms in total. The summed E-state index contributed by atoms with van der Waals surface area (Å²) >= 11 is 6.40. The summed E-state index contributed by atoms with van der Waals surface area (Å²) < 4.78 is 31.3. The molecule has 1 amide bonds. The molecule has 1 saturated carbocycles. The number of amides is 1. The minimum atomic E-state index is -3.75. The van der Waals surface area contributed by atoms with Crippen LogP contribution in [0.4, 0.5) is 0 Å². The molecule has 1 fully saturated rings. The highest BCUT2D eigenvalue weighted by Gasteiger charge is 2.48. The third-order valence-electron chi connectivity index (χ3n) is 5.90. The maximum Gasteiger partial charge on any atom is 0.338 e. The van der Waals surface area contributed by atoms with Gasteiger partial charge in [0.25, 0.3) is 5.91 Å². The van der Waals surface area contributed by atoms with Crippen LogP contribution in [0.2, 0.25) is 5.02 Å². The summed E-state index contributed by atoms with van der Waals surface area (Å²) in [6.07, 6.45) is 2.19. The number of halogens is 1. The Morgan fingerprint density at radius 3 is 2.55 bits per heavy atom. The second-order valence-corrected chi connectivity index (χ2v) is 10.0. The molecule has 1 unspecified atom stereocenters. The fourth-order valence-corrected chi connectivity index (χ4v) is 5.13. The lowest BCUT2D eigenvalue weighted by atomic mass is 9.74. The summed E-state index contributed by atoms with van der Waals surface area (Å²) in [4.78, 5) is 39.8. The van der Waals surface area contributed by atoms with Crippen molar-refractivity contribution in [3.05, 3.63) is 64.7 Å². The molecule has 0 radical (unpaired) electrons. The van der Waals surface area contributed by atoms with Gasteiger partial charge in [-0.25, -0.2) is 17.9 Å². The summed E-state index contributed by atoms with van der Waals surface area (Å²) in [5.41, 5.74) is -0.708. The molecule has 0 spiro atoms. The van der Waals surface area contributed by atoms with Crippen molar-refractivity contribution >= 4 is 39.3 Å². The molecule has 0 heterocycles. The van der Waals surface area contributed by atoms with Crippen molar-refractivity contribution in [3.63, 3.8) is 0 Å². The molecule has 2 aromatic rings. The number of hydrogen-bond donors (Lipinski definition) is 1. The second-order valence-electron chi connectivity index (χ2n) is 7.73. The first-order valence-corrected chi connectivity index (χ1v) is 12.3. The highest BCUT2D eigenvalue weighted by molar-refractivity contribution is 7.89. The van der Waals surface area contributed by atoms with Gasteiger partial charge in [-0.1, -0.05) is 35.9 Å². The van der Waals surface area contributed by atoms with Crippen LogP contribution >= 0.6 is 11.6 Å². The standard InChI is InChI=1S/C23H25ClN2O6S/c1-25-33(30,31)17-9-7-8-16(14-17)22(29)32-15-21(28)26(2)23(13-6-5-12-20(23)27)18-10-3-4-11-19(18)24/h3-4,7-11,14,25H,5-6,12-13,15H2,1-2H3. The number of carbonyl (C=O) groups excluding carboxylic acids is 3. The zero-order valence-electron chi connectivity index (χ0n) is 18.3. The van der Waals surface area contributed by atoms with Crippen LogP contribution in [0, 0.1) is 0 Å². The number of nitrogens with one attached hydrogen (secondary N) is 1. The molecular weight excluding hydrogens is 468 g/mol. The minimum absolute atomic E-state index is 0.0173. The number of benzene rings is 2. The zero-order chi connectivity index (χ0) is 24.2. The number of hydrogen-bond acceptors (Lipinski definition) is 6. The fourth-order valence-electron chi connectivity index (χ4n) is 4.06. The average Bonchev–Trinajstić information content (AvgIpc) is 2.83. The Morgan fingerprint density at radius 1 is 1.15 bits per heavy atom. The van der Waals surface area contributed by atoms with Gasteiger partial charge in [0.2, 0.25) is 10.0 Å². The number of esters is 1. The molecular formula is C23H25ClN2O6S. The van der Waals surface area contributed by atoms with E-state index in [1.54, 1.807) is 24.3 Å². The van der Waals surface area contributed by atoms with Crippen molar-refractivity contribution in [1.82, 2.24) is 9.62 Å². The number of ketones is 1. The molecule has 1 N–H and O–H groups in total. The van der Waals surface area contributed by atoms with Crippen LogP contribution in [0.1, 0.15) is 41.6 Å². The first-order chi connectivity index (χ1) is 15.6. The van der Waals surface area contributed by atoms with Crippen LogP contribution < -0.4 is 4.72 Å². The molecule has 0 aliphatic heterocycles.